The number of hydrogen-bond acceptors (Lipinski definition) is 5. The zero-order chi connectivity index (χ0) is 17.4. The maximum Gasteiger partial charge on any atom is 0.326 e. The van der Waals surface area contributed by atoms with Crippen molar-refractivity contribution in [1.82, 2.24) is 10.2 Å². The van der Waals surface area contributed by atoms with Crippen LogP contribution in [0.5, 0.6) is 0 Å². The van der Waals surface area contributed by atoms with Gasteiger partial charge in [-0.25, -0.2) is 4.79 Å². The molecule has 132 valence electrons. The van der Waals surface area contributed by atoms with Crippen LogP contribution < -0.4 is 11.1 Å². The predicted molar refractivity (Wildman–Crippen MR) is 83.9 cm³/mol. The molecule has 3 atom stereocenters. The van der Waals surface area contributed by atoms with Crippen LogP contribution >= 0.6 is 0 Å². The Bertz CT molecular complexity index is 429. The SMILES string of the molecule is C[C@H](NC(CCCCCN)C(=O)O)C(=O)N1CCC[C@H]1C(=O)O. The molecule has 0 aromatic heterocycles. The molecule has 1 saturated heterocycles. The van der Waals surface area contributed by atoms with Crippen LogP contribution in [0.1, 0.15) is 45.4 Å². The number of carbonyl (C=O) groups excluding carboxylic acids is 1. The Hall–Kier alpha value is -1.67. The van der Waals surface area contributed by atoms with Crippen LogP contribution in [0.15, 0.2) is 0 Å². The lowest BCUT2D eigenvalue weighted by Gasteiger charge is -2.27. The summed E-state index contributed by atoms with van der Waals surface area (Å²) in [5.74, 6) is -2.38. The van der Waals surface area contributed by atoms with Crippen molar-refractivity contribution < 1.29 is 24.6 Å². The van der Waals surface area contributed by atoms with Gasteiger partial charge in [-0.05, 0) is 39.2 Å². The third kappa shape index (κ3) is 5.80. The fraction of sp³-hybridized carbons (Fsp3) is 0.800. The summed E-state index contributed by atoms with van der Waals surface area (Å²) in [7, 11) is 0. The van der Waals surface area contributed by atoms with Gasteiger partial charge in [0, 0.05) is 6.54 Å². The van der Waals surface area contributed by atoms with E-state index in [-0.39, 0.29) is 5.91 Å². The average Bonchev–Trinajstić information content (AvgIpc) is 2.98. The number of carboxylic acid groups (broad SMARTS) is 2. The largest absolute Gasteiger partial charge is 0.480 e. The maximum absolute atomic E-state index is 12.4. The predicted octanol–water partition coefficient (Wildman–Crippen LogP) is 0.0124. The third-order valence-corrected chi connectivity index (χ3v) is 4.14. The number of likely N-dealkylation sites (tertiary alicyclic amines) is 1. The fourth-order valence-corrected chi connectivity index (χ4v) is 2.86. The van der Waals surface area contributed by atoms with Crippen LogP contribution in [0.4, 0.5) is 0 Å². The molecule has 8 heteroatoms. The number of hydrogen-bond donors (Lipinski definition) is 4. The Morgan fingerprint density at radius 3 is 2.52 bits per heavy atom. The summed E-state index contributed by atoms with van der Waals surface area (Å²) >= 11 is 0. The minimum Gasteiger partial charge on any atom is -0.480 e. The number of aliphatic carboxylic acids is 2. The highest BCUT2D eigenvalue weighted by molar-refractivity contribution is 5.88. The number of carboxylic acids is 2. The quantitative estimate of drug-likeness (QED) is 0.415. The van der Waals surface area contributed by atoms with E-state index < -0.39 is 30.1 Å². The summed E-state index contributed by atoms with van der Waals surface area (Å²) in [5, 5.41) is 21.2. The molecule has 1 fully saturated rings. The van der Waals surface area contributed by atoms with Crippen molar-refractivity contribution in [1.29, 1.82) is 0 Å². The second-order valence-corrected chi connectivity index (χ2v) is 5.95. The van der Waals surface area contributed by atoms with Crippen molar-refractivity contribution >= 4 is 17.8 Å². The Balaban J connectivity index is 2.56. The molecular formula is C15H27N3O5. The number of nitrogens with zero attached hydrogens (tertiary/aromatic N) is 1. The minimum absolute atomic E-state index is 0.358. The smallest absolute Gasteiger partial charge is 0.326 e. The third-order valence-electron chi connectivity index (χ3n) is 4.14. The Morgan fingerprint density at radius 1 is 1.26 bits per heavy atom. The number of amides is 1. The first kappa shape index (κ1) is 19.4. The zero-order valence-electron chi connectivity index (χ0n) is 13.5. The zero-order valence-corrected chi connectivity index (χ0v) is 13.5. The van der Waals surface area contributed by atoms with Gasteiger partial charge in [-0.15, -0.1) is 0 Å². The molecule has 0 bridgehead atoms. The topological polar surface area (TPSA) is 133 Å². The number of carbonyl (C=O) groups is 3. The van der Waals surface area contributed by atoms with E-state index in [9.17, 15) is 19.5 Å². The summed E-state index contributed by atoms with van der Waals surface area (Å²) in [4.78, 5) is 36.2. The highest BCUT2D eigenvalue weighted by Crippen LogP contribution is 2.18. The van der Waals surface area contributed by atoms with Crippen molar-refractivity contribution in [2.24, 2.45) is 5.73 Å². The summed E-state index contributed by atoms with van der Waals surface area (Å²) in [5.41, 5.74) is 5.40. The molecule has 0 aromatic carbocycles. The lowest BCUT2D eigenvalue weighted by molar-refractivity contribution is -0.149. The van der Waals surface area contributed by atoms with Crippen molar-refractivity contribution in [3.63, 3.8) is 0 Å². The molecule has 1 aliphatic heterocycles. The van der Waals surface area contributed by atoms with E-state index in [0.29, 0.717) is 38.8 Å². The van der Waals surface area contributed by atoms with Gasteiger partial charge < -0.3 is 20.8 Å². The highest BCUT2D eigenvalue weighted by atomic mass is 16.4. The van der Waals surface area contributed by atoms with Gasteiger partial charge >= 0.3 is 11.9 Å². The molecule has 1 heterocycles. The van der Waals surface area contributed by atoms with E-state index in [1.54, 1.807) is 6.92 Å². The van der Waals surface area contributed by atoms with Gasteiger partial charge in [0.15, 0.2) is 0 Å². The van der Waals surface area contributed by atoms with Crippen molar-refractivity contribution in [2.75, 3.05) is 13.1 Å². The number of rotatable bonds is 10. The molecule has 1 aliphatic rings. The second-order valence-electron chi connectivity index (χ2n) is 5.95. The summed E-state index contributed by atoms with van der Waals surface area (Å²) < 4.78 is 0. The Kier molecular flexibility index (Phi) is 7.97. The lowest BCUT2D eigenvalue weighted by atomic mass is 10.1. The minimum atomic E-state index is -1.01. The van der Waals surface area contributed by atoms with E-state index in [2.05, 4.69) is 5.32 Å². The molecular weight excluding hydrogens is 302 g/mol. The van der Waals surface area contributed by atoms with Crippen molar-refractivity contribution in [3.8, 4) is 0 Å². The van der Waals surface area contributed by atoms with E-state index in [1.165, 1.54) is 4.90 Å². The molecule has 1 unspecified atom stereocenters. The highest BCUT2D eigenvalue weighted by Gasteiger charge is 2.36. The van der Waals surface area contributed by atoms with Crippen molar-refractivity contribution in [2.45, 2.75) is 63.6 Å². The van der Waals surface area contributed by atoms with Crippen LogP contribution in [0, 0.1) is 0 Å². The Morgan fingerprint density at radius 2 is 1.96 bits per heavy atom. The van der Waals surface area contributed by atoms with Crippen LogP contribution in [0.3, 0.4) is 0 Å². The lowest BCUT2D eigenvalue weighted by Crippen LogP contribution is -2.53. The van der Waals surface area contributed by atoms with E-state index in [0.717, 1.165) is 12.8 Å². The van der Waals surface area contributed by atoms with Crippen LogP contribution in [-0.4, -0.2) is 64.2 Å². The molecule has 8 nitrogen and oxygen atoms in total. The van der Waals surface area contributed by atoms with Crippen LogP contribution in [-0.2, 0) is 14.4 Å². The van der Waals surface area contributed by atoms with Crippen molar-refractivity contribution in [3.05, 3.63) is 0 Å². The molecule has 0 radical (unpaired) electrons. The van der Waals surface area contributed by atoms with Gasteiger partial charge in [0.05, 0.1) is 6.04 Å². The number of nitrogens with two attached hydrogens (primary N) is 1. The molecule has 1 rings (SSSR count). The van der Waals surface area contributed by atoms with Gasteiger partial charge in [0.1, 0.15) is 12.1 Å². The second kappa shape index (κ2) is 9.46. The van der Waals surface area contributed by atoms with Gasteiger partial charge in [-0.3, -0.25) is 14.9 Å². The molecule has 0 aromatic rings. The fourth-order valence-electron chi connectivity index (χ4n) is 2.86. The van der Waals surface area contributed by atoms with E-state index in [1.807, 2.05) is 0 Å². The van der Waals surface area contributed by atoms with Gasteiger partial charge in [0.25, 0.3) is 0 Å². The van der Waals surface area contributed by atoms with Crippen LogP contribution in [0.2, 0.25) is 0 Å². The summed E-state index contributed by atoms with van der Waals surface area (Å²) in [6.45, 7) is 2.55. The van der Waals surface area contributed by atoms with E-state index in [4.69, 9.17) is 10.8 Å². The average molecular weight is 329 g/mol. The first-order valence-electron chi connectivity index (χ1n) is 8.10. The van der Waals surface area contributed by atoms with Gasteiger partial charge in [-0.2, -0.15) is 0 Å². The molecule has 0 aliphatic carbocycles. The summed E-state index contributed by atoms with van der Waals surface area (Å²) in [6, 6.07) is -2.36. The Labute approximate surface area is 136 Å². The first-order chi connectivity index (χ1) is 10.9. The number of nitrogens with one attached hydrogen (secondary N) is 1. The molecule has 1 amide bonds. The number of unbranched alkanes of at least 4 members (excludes halogenated alkanes) is 2. The molecule has 0 spiro atoms. The van der Waals surface area contributed by atoms with E-state index >= 15 is 0 Å². The van der Waals surface area contributed by atoms with Gasteiger partial charge in [-0.1, -0.05) is 12.8 Å². The molecule has 23 heavy (non-hydrogen) atoms. The summed E-state index contributed by atoms with van der Waals surface area (Å²) in [6.07, 6.45) is 3.90. The van der Waals surface area contributed by atoms with Crippen LogP contribution in [0.25, 0.3) is 0 Å². The van der Waals surface area contributed by atoms with Gasteiger partial charge in [0.2, 0.25) is 5.91 Å². The maximum atomic E-state index is 12.4. The normalized spacial score (nSPS) is 20.3. The standard InChI is InChI=1S/C15H27N3O5/c1-10(13(19)18-9-5-7-12(18)15(22)23)17-11(14(20)21)6-3-2-4-8-16/h10-12,17H,2-9,16H2,1H3,(H,20,21)(H,22,23)/t10-,11?,12-/m0/s1. The monoisotopic (exact) mass is 329 g/mol. The molecule has 0 saturated carbocycles. The molecule has 5 N–H and O–H groups in total. The first-order valence-corrected chi connectivity index (χ1v) is 8.10.